The molecule has 1 aromatic heterocycles. The molecule has 0 unspecified atom stereocenters. The third-order valence-electron chi connectivity index (χ3n) is 5.29. The Balaban J connectivity index is 1.57. The summed E-state index contributed by atoms with van der Waals surface area (Å²) in [5.41, 5.74) is 1.37. The maximum absolute atomic E-state index is 12.5. The lowest BCUT2D eigenvalue weighted by atomic mass is 10.1. The number of rotatable bonds is 12. The number of likely N-dealkylation sites (tertiary alicyclic amines) is 1. The molecule has 0 saturated carbocycles. The topological polar surface area (TPSA) is 77.0 Å². The monoisotopic (exact) mass is 462 g/mol. The van der Waals surface area contributed by atoms with E-state index in [1.54, 1.807) is 5.38 Å². The first-order chi connectivity index (χ1) is 14.9. The molecule has 1 fully saturated rings. The van der Waals surface area contributed by atoms with Crippen molar-refractivity contribution in [1.82, 2.24) is 19.7 Å². The molecular weight excluding hydrogens is 432 g/mol. The minimum Gasteiger partial charge on any atom is -0.476 e. The summed E-state index contributed by atoms with van der Waals surface area (Å²) < 4.78 is 0.734. The minimum atomic E-state index is -1.01. The summed E-state index contributed by atoms with van der Waals surface area (Å²) in [6.45, 7) is 4.31. The zero-order valence-electron chi connectivity index (χ0n) is 18.1. The molecule has 1 amide bonds. The lowest BCUT2D eigenvalue weighted by Gasteiger charge is -2.31. The Bertz CT molecular complexity index is 859. The van der Waals surface area contributed by atoms with E-state index >= 15 is 0 Å². The van der Waals surface area contributed by atoms with Gasteiger partial charge in [-0.05, 0) is 26.1 Å². The van der Waals surface area contributed by atoms with Crippen LogP contribution in [-0.4, -0.2) is 88.7 Å². The SMILES string of the molecule is CN(C)CCN(Cc1ccccc1)C[C@H]1CCC(=O)N1CCSc1nc(C(=O)O)cs1. The number of hydrogen-bond acceptors (Lipinski definition) is 7. The fraction of sp³-hybridized carbons (Fsp3) is 0.500. The molecule has 9 heteroatoms. The van der Waals surface area contributed by atoms with Gasteiger partial charge in [-0.2, -0.15) is 0 Å². The number of carbonyl (C=O) groups is 2. The molecule has 2 aromatic rings. The van der Waals surface area contributed by atoms with E-state index in [0.717, 1.165) is 36.9 Å². The molecule has 168 valence electrons. The number of nitrogens with zero attached hydrogens (tertiary/aromatic N) is 4. The molecule has 0 radical (unpaired) electrons. The van der Waals surface area contributed by atoms with Crippen LogP contribution in [0.5, 0.6) is 0 Å². The predicted octanol–water partition coefficient (Wildman–Crippen LogP) is 2.99. The molecule has 1 saturated heterocycles. The normalized spacial score (nSPS) is 16.6. The van der Waals surface area contributed by atoms with Crippen LogP contribution in [0.15, 0.2) is 40.1 Å². The number of amides is 1. The van der Waals surface area contributed by atoms with Crippen LogP contribution in [0.1, 0.15) is 28.9 Å². The predicted molar refractivity (Wildman–Crippen MR) is 125 cm³/mol. The van der Waals surface area contributed by atoms with Crippen molar-refractivity contribution in [2.75, 3.05) is 46.0 Å². The largest absolute Gasteiger partial charge is 0.476 e. The molecule has 3 rings (SSSR count). The maximum Gasteiger partial charge on any atom is 0.355 e. The van der Waals surface area contributed by atoms with Crippen LogP contribution in [0.25, 0.3) is 0 Å². The van der Waals surface area contributed by atoms with Crippen molar-refractivity contribution in [1.29, 1.82) is 0 Å². The van der Waals surface area contributed by atoms with Crippen molar-refractivity contribution in [2.24, 2.45) is 0 Å². The molecule has 7 nitrogen and oxygen atoms in total. The van der Waals surface area contributed by atoms with E-state index in [4.69, 9.17) is 5.11 Å². The van der Waals surface area contributed by atoms with Gasteiger partial charge in [0.25, 0.3) is 0 Å². The lowest BCUT2D eigenvalue weighted by Crippen LogP contribution is -2.44. The average Bonchev–Trinajstić information content (AvgIpc) is 3.35. The number of thioether (sulfide) groups is 1. The van der Waals surface area contributed by atoms with Crippen LogP contribution in [-0.2, 0) is 11.3 Å². The summed E-state index contributed by atoms with van der Waals surface area (Å²) in [7, 11) is 4.16. The summed E-state index contributed by atoms with van der Waals surface area (Å²) in [5, 5.41) is 10.6. The second-order valence-electron chi connectivity index (χ2n) is 7.96. The van der Waals surface area contributed by atoms with Crippen LogP contribution in [0, 0.1) is 0 Å². The average molecular weight is 463 g/mol. The third-order valence-corrected chi connectivity index (χ3v) is 7.30. The number of carbonyl (C=O) groups excluding carboxylic acids is 1. The lowest BCUT2D eigenvalue weighted by molar-refractivity contribution is -0.128. The van der Waals surface area contributed by atoms with Crippen molar-refractivity contribution < 1.29 is 14.7 Å². The highest BCUT2D eigenvalue weighted by molar-refractivity contribution is 8.01. The first kappa shape index (κ1) is 23.7. The van der Waals surface area contributed by atoms with E-state index in [2.05, 4.69) is 53.1 Å². The number of likely N-dealkylation sites (N-methyl/N-ethyl adjacent to an activating group) is 1. The van der Waals surface area contributed by atoms with Crippen molar-refractivity contribution in [3.63, 3.8) is 0 Å². The second kappa shape index (κ2) is 11.6. The quantitative estimate of drug-likeness (QED) is 0.486. The van der Waals surface area contributed by atoms with Crippen molar-refractivity contribution in [3.8, 4) is 0 Å². The van der Waals surface area contributed by atoms with Gasteiger partial charge in [-0.25, -0.2) is 9.78 Å². The Morgan fingerprint density at radius 1 is 1.29 bits per heavy atom. The third kappa shape index (κ3) is 7.31. The highest BCUT2D eigenvalue weighted by atomic mass is 32.2. The highest BCUT2D eigenvalue weighted by Crippen LogP contribution is 2.25. The fourth-order valence-electron chi connectivity index (χ4n) is 3.66. The first-order valence-corrected chi connectivity index (χ1v) is 12.3. The van der Waals surface area contributed by atoms with Crippen LogP contribution in [0.2, 0.25) is 0 Å². The molecule has 1 aliphatic rings. The maximum atomic E-state index is 12.5. The van der Waals surface area contributed by atoms with Gasteiger partial charge in [0.15, 0.2) is 10.0 Å². The molecule has 1 aliphatic heterocycles. The zero-order valence-corrected chi connectivity index (χ0v) is 19.7. The van der Waals surface area contributed by atoms with Gasteiger partial charge in [-0.15, -0.1) is 11.3 Å². The van der Waals surface area contributed by atoms with Crippen molar-refractivity contribution in [2.45, 2.75) is 29.8 Å². The van der Waals surface area contributed by atoms with Gasteiger partial charge in [0.05, 0.1) is 0 Å². The second-order valence-corrected chi connectivity index (χ2v) is 10.2. The zero-order chi connectivity index (χ0) is 22.2. The van der Waals surface area contributed by atoms with Gasteiger partial charge in [0.1, 0.15) is 0 Å². The highest BCUT2D eigenvalue weighted by Gasteiger charge is 2.31. The van der Waals surface area contributed by atoms with Gasteiger partial charge in [-0.1, -0.05) is 42.1 Å². The van der Waals surface area contributed by atoms with Gasteiger partial charge < -0.3 is 14.9 Å². The van der Waals surface area contributed by atoms with E-state index in [-0.39, 0.29) is 17.6 Å². The molecule has 0 spiro atoms. The van der Waals surface area contributed by atoms with Crippen LogP contribution in [0.3, 0.4) is 0 Å². The van der Waals surface area contributed by atoms with Gasteiger partial charge in [0.2, 0.25) is 5.91 Å². The molecule has 0 aliphatic carbocycles. The molecular formula is C22H30N4O3S2. The standard InChI is InChI=1S/C22H30N4O3S2/c1-24(2)10-11-25(14-17-6-4-3-5-7-17)15-18-8-9-20(27)26(18)12-13-30-22-23-19(16-31-22)21(28)29/h3-7,16,18H,8-15H2,1-2H3,(H,28,29)/t18-/m1/s1. The molecule has 1 aromatic carbocycles. The van der Waals surface area contributed by atoms with Gasteiger partial charge >= 0.3 is 5.97 Å². The van der Waals surface area contributed by atoms with Crippen LogP contribution in [0.4, 0.5) is 0 Å². The van der Waals surface area contributed by atoms with E-state index in [1.807, 2.05) is 11.0 Å². The van der Waals surface area contributed by atoms with Crippen molar-refractivity contribution >= 4 is 35.0 Å². The van der Waals surface area contributed by atoms with Gasteiger partial charge in [0, 0.05) is 56.3 Å². The number of aromatic carboxylic acids is 1. The van der Waals surface area contributed by atoms with Crippen molar-refractivity contribution in [3.05, 3.63) is 47.0 Å². The minimum absolute atomic E-state index is 0.0834. The number of thiazole rings is 1. The molecule has 1 atom stereocenters. The first-order valence-electron chi connectivity index (χ1n) is 10.4. The van der Waals surface area contributed by atoms with Crippen LogP contribution < -0.4 is 0 Å². The van der Waals surface area contributed by atoms with Crippen LogP contribution >= 0.6 is 23.1 Å². The Hall–Kier alpha value is -1.94. The Morgan fingerprint density at radius 2 is 2.06 bits per heavy atom. The van der Waals surface area contributed by atoms with E-state index in [9.17, 15) is 9.59 Å². The summed E-state index contributed by atoms with van der Waals surface area (Å²) in [4.78, 5) is 34.3. The summed E-state index contributed by atoms with van der Waals surface area (Å²) in [6.07, 6.45) is 1.49. The summed E-state index contributed by atoms with van der Waals surface area (Å²) in [5.74, 6) is -0.0806. The van der Waals surface area contributed by atoms with E-state index < -0.39 is 5.97 Å². The molecule has 31 heavy (non-hydrogen) atoms. The number of hydrogen-bond donors (Lipinski definition) is 1. The Kier molecular flexibility index (Phi) is 8.89. The van der Waals surface area contributed by atoms with Gasteiger partial charge in [-0.3, -0.25) is 9.69 Å². The van der Waals surface area contributed by atoms with E-state index in [0.29, 0.717) is 18.7 Å². The number of benzene rings is 1. The van der Waals surface area contributed by atoms with E-state index in [1.165, 1.54) is 28.7 Å². The number of aromatic nitrogens is 1. The smallest absolute Gasteiger partial charge is 0.355 e. The Labute approximate surface area is 192 Å². The fourth-order valence-corrected chi connectivity index (χ4v) is 5.47. The molecule has 0 bridgehead atoms. The summed E-state index contributed by atoms with van der Waals surface area (Å²) in [6, 6.07) is 10.7. The Morgan fingerprint density at radius 3 is 2.74 bits per heavy atom. The molecule has 2 heterocycles. The molecule has 1 N–H and O–H groups in total. The number of carboxylic acids is 1. The summed E-state index contributed by atoms with van der Waals surface area (Å²) >= 11 is 2.85. The number of carboxylic acid groups (broad SMARTS) is 1.